The lowest BCUT2D eigenvalue weighted by atomic mass is 9.32. The van der Waals surface area contributed by atoms with Gasteiger partial charge in [-0.3, -0.25) is 0 Å². The summed E-state index contributed by atoms with van der Waals surface area (Å²) in [7, 11) is 0. The minimum absolute atomic E-state index is 0.0578. The van der Waals surface area contributed by atoms with E-state index in [0.29, 0.717) is 5.41 Å². The minimum atomic E-state index is -0.214. The molecule has 2 aliphatic heterocycles. The molecule has 3 heterocycles. The van der Waals surface area contributed by atoms with Crippen molar-refractivity contribution in [1.29, 1.82) is 0 Å². The normalized spacial score (nSPS) is 25.9. The zero-order valence-electron chi connectivity index (χ0n) is 30.7. The van der Waals surface area contributed by atoms with Gasteiger partial charge in [0.15, 0.2) is 0 Å². The molecule has 0 saturated heterocycles. The van der Waals surface area contributed by atoms with Gasteiger partial charge in [-0.25, -0.2) is 0 Å². The maximum absolute atomic E-state index is 7.09. The summed E-state index contributed by atoms with van der Waals surface area (Å²) < 4.78 is 7.09. The van der Waals surface area contributed by atoms with E-state index in [4.69, 9.17) is 4.42 Å². The molecule has 0 spiro atoms. The average Bonchev–Trinajstić information content (AvgIpc) is 3.66. The van der Waals surface area contributed by atoms with Crippen LogP contribution < -0.4 is 21.5 Å². The number of rotatable bonds is 2. The number of furan rings is 1. The number of nitrogens with zero attached hydrogens (tertiary/aromatic N) is 1. The van der Waals surface area contributed by atoms with Crippen LogP contribution in [-0.4, -0.2) is 6.71 Å². The molecule has 0 N–H and O–H groups in total. The molecule has 1 aromatic heterocycles. The molecule has 4 aliphatic carbocycles. The monoisotopic (exact) mass is 643 g/mol. The quantitative estimate of drug-likeness (QED) is 0.175. The van der Waals surface area contributed by atoms with Crippen molar-refractivity contribution in [2.45, 2.75) is 109 Å². The first-order valence-corrected chi connectivity index (χ1v) is 19.0. The Kier molecular flexibility index (Phi) is 5.86. The lowest BCUT2D eigenvalue weighted by molar-refractivity contribution is 0.229. The fourth-order valence-corrected chi connectivity index (χ4v) is 11.6. The van der Waals surface area contributed by atoms with E-state index in [2.05, 4.69) is 139 Å². The van der Waals surface area contributed by atoms with Gasteiger partial charge in [-0.1, -0.05) is 97.9 Å². The number of fused-ring (bicyclic) bond motifs is 6. The third-order valence-electron chi connectivity index (χ3n) is 13.8. The van der Waals surface area contributed by atoms with Gasteiger partial charge in [-0.05, 0) is 136 Å². The summed E-state index contributed by atoms with van der Waals surface area (Å²) in [6, 6.07) is 30.9. The van der Waals surface area contributed by atoms with E-state index in [1.54, 1.807) is 5.56 Å². The van der Waals surface area contributed by atoms with Crippen LogP contribution in [0.2, 0.25) is 0 Å². The molecule has 5 aromatic rings. The molecule has 6 aliphatic rings. The minimum Gasteiger partial charge on any atom is -0.470 e. The van der Waals surface area contributed by atoms with Crippen LogP contribution in [0.3, 0.4) is 0 Å². The maximum Gasteiger partial charge on any atom is 0.292 e. The van der Waals surface area contributed by atoms with Crippen LogP contribution in [0, 0.1) is 17.8 Å². The Balaban J connectivity index is 1.27. The summed E-state index contributed by atoms with van der Waals surface area (Å²) in [5.41, 5.74) is 16.3. The summed E-state index contributed by atoms with van der Waals surface area (Å²) in [5.74, 6) is 2.76. The molecule has 4 bridgehead atoms. The van der Waals surface area contributed by atoms with E-state index in [9.17, 15) is 0 Å². The predicted molar refractivity (Wildman–Crippen MR) is 207 cm³/mol. The first-order valence-electron chi connectivity index (χ1n) is 19.0. The Morgan fingerprint density at radius 1 is 0.735 bits per heavy atom. The van der Waals surface area contributed by atoms with Gasteiger partial charge in [0, 0.05) is 33.4 Å². The highest BCUT2D eigenvalue weighted by molar-refractivity contribution is 6.98. The highest BCUT2D eigenvalue weighted by Crippen LogP contribution is 2.65. The zero-order chi connectivity index (χ0) is 33.8. The van der Waals surface area contributed by atoms with Gasteiger partial charge in [0.1, 0.15) is 5.58 Å². The van der Waals surface area contributed by atoms with Crippen LogP contribution in [0.15, 0.2) is 83.3 Å². The number of hydrogen-bond donors (Lipinski definition) is 0. The van der Waals surface area contributed by atoms with Gasteiger partial charge >= 0.3 is 0 Å². The molecule has 248 valence electrons. The summed E-state index contributed by atoms with van der Waals surface area (Å²) >= 11 is 0. The molecule has 3 heteroatoms. The Morgan fingerprint density at radius 2 is 1.41 bits per heavy atom. The van der Waals surface area contributed by atoms with Crippen molar-refractivity contribution in [3.63, 3.8) is 0 Å². The second kappa shape index (κ2) is 9.53. The Labute approximate surface area is 293 Å². The Morgan fingerprint density at radius 3 is 2.08 bits per heavy atom. The van der Waals surface area contributed by atoms with Crippen LogP contribution in [0.1, 0.15) is 115 Å². The lowest BCUT2D eigenvalue weighted by Crippen LogP contribution is -2.63. The molecular weight excluding hydrogens is 593 g/mol. The molecule has 49 heavy (non-hydrogen) atoms. The summed E-state index contributed by atoms with van der Waals surface area (Å²) in [4.78, 5) is 2.61. The van der Waals surface area contributed by atoms with Crippen molar-refractivity contribution in [2.24, 2.45) is 17.8 Å². The van der Waals surface area contributed by atoms with Gasteiger partial charge in [0.2, 0.25) is 0 Å². The standard InChI is InChI=1S/C46H50BNO/c1-43(2,3)30-13-16-33(17-14-30)48-37-12-10-9-11-36(37)47-41-35(22-32(23-38(41)48)46-24-27-19-28(25-46)29(20-27)26-46)45(7,8)40-34-21-31(44(4,5)6)15-18-39(34)49-42(40)47/h9-18,21-23,27-29H,19-20,24-26H2,1-8H3. The first-order chi connectivity index (χ1) is 23.2. The number of anilines is 3. The highest BCUT2D eigenvalue weighted by atomic mass is 16.3. The van der Waals surface area contributed by atoms with Crippen LogP contribution in [0.5, 0.6) is 0 Å². The molecule has 4 aromatic carbocycles. The SMILES string of the molecule is CC(C)(C)c1ccc(N2c3ccccc3B3c4oc5ccc(C(C)(C)C)cc5c4C(C)(C)c4cc(C56CC7CC(C5)C(C7)C6)cc2c43)cc1. The topological polar surface area (TPSA) is 16.4 Å². The summed E-state index contributed by atoms with van der Waals surface area (Å²) in [5, 5.41) is 1.29. The van der Waals surface area contributed by atoms with Crippen LogP contribution in [0.25, 0.3) is 11.0 Å². The summed E-state index contributed by atoms with van der Waals surface area (Å²) in [6.07, 6.45) is 7.06. The molecule has 2 unspecified atom stereocenters. The van der Waals surface area contributed by atoms with E-state index < -0.39 is 0 Å². The Bertz CT molecular complexity index is 2170. The number of benzene rings is 4. The van der Waals surface area contributed by atoms with Gasteiger partial charge in [-0.15, -0.1) is 0 Å². The third-order valence-corrected chi connectivity index (χ3v) is 13.8. The second-order valence-electron chi connectivity index (χ2n) is 19.3. The molecular formula is C46H50BNO. The van der Waals surface area contributed by atoms with Crippen LogP contribution in [0.4, 0.5) is 17.1 Å². The average molecular weight is 644 g/mol. The van der Waals surface area contributed by atoms with Crippen LogP contribution in [-0.2, 0) is 21.7 Å². The van der Waals surface area contributed by atoms with Crippen LogP contribution >= 0.6 is 0 Å². The first kappa shape index (κ1) is 30.1. The molecule has 11 rings (SSSR count). The second-order valence-corrected chi connectivity index (χ2v) is 19.3. The third kappa shape index (κ3) is 4.08. The zero-order valence-corrected chi connectivity index (χ0v) is 30.7. The van der Waals surface area contributed by atoms with Crippen molar-refractivity contribution in [3.05, 3.63) is 107 Å². The fraction of sp³-hybridized carbons (Fsp3) is 0.435. The van der Waals surface area contributed by atoms with Gasteiger partial charge < -0.3 is 9.32 Å². The van der Waals surface area contributed by atoms with E-state index in [1.165, 1.54) is 87.7 Å². The number of para-hydroxylation sites is 1. The van der Waals surface area contributed by atoms with Gasteiger partial charge in [0.25, 0.3) is 6.71 Å². The fourth-order valence-electron chi connectivity index (χ4n) is 11.6. The molecule has 2 atom stereocenters. The maximum atomic E-state index is 7.09. The van der Waals surface area contributed by atoms with Gasteiger partial charge in [0.05, 0.1) is 5.66 Å². The predicted octanol–water partition coefficient (Wildman–Crippen LogP) is 10.0. The molecule has 0 amide bonds. The van der Waals surface area contributed by atoms with Crippen molar-refractivity contribution in [1.82, 2.24) is 0 Å². The highest BCUT2D eigenvalue weighted by Gasteiger charge is 2.57. The Hall–Kier alpha value is -3.72. The van der Waals surface area contributed by atoms with Crippen molar-refractivity contribution >= 4 is 51.3 Å². The molecule has 4 fully saturated rings. The number of hydrogen-bond acceptors (Lipinski definition) is 2. The van der Waals surface area contributed by atoms with E-state index in [0.717, 1.165) is 29.0 Å². The summed E-state index contributed by atoms with van der Waals surface area (Å²) in [6.45, 7) is 18.9. The molecule has 2 nitrogen and oxygen atoms in total. The smallest absolute Gasteiger partial charge is 0.292 e. The van der Waals surface area contributed by atoms with Crippen molar-refractivity contribution < 1.29 is 4.42 Å². The van der Waals surface area contributed by atoms with Crippen molar-refractivity contribution in [2.75, 3.05) is 4.90 Å². The van der Waals surface area contributed by atoms with Crippen molar-refractivity contribution in [3.8, 4) is 0 Å². The van der Waals surface area contributed by atoms with E-state index in [-0.39, 0.29) is 23.0 Å². The lowest BCUT2D eigenvalue weighted by Gasteiger charge is -2.46. The largest absolute Gasteiger partial charge is 0.470 e. The van der Waals surface area contributed by atoms with Gasteiger partial charge in [-0.2, -0.15) is 0 Å². The molecule has 0 radical (unpaired) electrons. The van der Waals surface area contributed by atoms with E-state index >= 15 is 0 Å². The van der Waals surface area contributed by atoms with E-state index in [1.807, 2.05) is 0 Å². The molecule has 4 saturated carbocycles.